The summed E-state index contributed by atoms with van der Waals surface area (Å²) >= 11 is 0. The van der Waals surface area contributed by atoms with E-state index in [-0.39, 0.29) is 52.3 Å². The zero-order valence-electron chi connectivity index (χ0n) is 5.80. The molecular formula is C5H7AgCuNO4+. The maximum absolute atomic E-state index is 9.86. The number of nitrogens with two attached hydrogens (primary N) is 1. The Kier molecular flexibility index (Phi) is 13.9. The average molecular weight is 317 g/mol. The van der Waals surface area contributed by atoms with Gasteiger partial charge in [0.1, 0.15) is 0 Å². The van der Waals surface area contributed by atoms with Crippen molar-refractivity contribution in [3.05, 3.63) is 0 Å². The van der Waals surface area contributed by atoms with Gasteiger partial charge in [0.05, 0.1) is 5.97 Å². The molecular weight excluding hydrogens is 309 g/mol. The van der Waals surface area contributed by atoms with Crippen molar-refractivity contribution in [2.75, 3.05) is 0 Å². The van der Waals surface area contributed by atoms with Crippen LogP contribution in [0.3, 0.4) is 0 Å². The minimum atomic E-state index is -1.44. The second-order valence-electron chi connectivity index (χ2n) is 1.84. The number of hydrogen-bond donors (Lipinski definition) is 1. The Morgan fingerprint density at radius 3 is 2.00 bits per heavy atom. The predicted molar refractivity (Wildman–Crippen MR) is 27.2 cm³/mol. The molecule has 0 fully saturated rings. The Morgan fingerprint density at radius 1 is 1.33 bits per heavy atom. The fourth-order valence-electron chi connectivity index (χ4n) is 0.391. The van der Waals surface area contributed by atoms with Crippen molar-refractivity contribution >= 4 is 11.9 Å². The average Bonchev–Trinajstić information content (AvgIpc) is 1.82. The van der Waals surface area contributed by atoms with Gasteiger partial charge in [-0.1, -0.05) is 0 Å². The normalized spacial score (nSPS) is 10.4. The number of carboxylic acid groups (broad SMARTS) is 2. The standard InChI is InChI=1S/C5H9NO4.Ag.Cu/c6-3(5(9)10)1-2-4(7)8;;/h3H,1-2,6H2,(H,7,8)(H,9,10);;/q;+1;+2/p-2/t3-;;/m0../s1. The second kappa shape index (κ2) is 9.25. The van der Waals surface area contributed by atoms with Crippen LogP contribution in [0.15, 0.2) is 0 Å². The minimum Gasteiger partial charge on any atom is -0.550 e. The van der Waals surface area contributed by atoms with Gasteiger partial charge in [0.2, 0.25) is 0 Å². The van der Waals surface area contributed by atoms with Crippen LogP contribution in [-0.2, 0) is 49.0 Å². The van der Waals surface area contributed by atoms with Crippen molar-refractivity contribution in [1.29, 1.82) is 0 Å². The summed E-state index contributed by atoms with van der Waals surface area (Å²) in [5.74, 6) is -2.75. The molecule has 1 radical (unpaired) electrons. The summed E-state index contributed by atoms with van der Waals surface area (Å²) in [5.41, 5.74) is 4.91. The Morgan fingerprint density at radius 2 is 1.75 bits per heavy atom. The van der Waals surface area contributed by atoms with E-state index in [9.17, 15) is 19.8 Å². The number of aliphatic carboxylic acids is 2. The van der Waals surface area contributed by atoms with E-state index in [1.807, 2.05) is 0 Å². The SMILES string of the molecule is N[C@@H](CCC(=O)[O-])C(=O)[O-].[Ag+].[Cu+2]. The summed E-state index contributed by atoms with van der Waals surface area (Å²) in [4.78, 5) is 19.6. The monoisotopic (exact) mass is 315 g/mol. The number of hydrogen-bond acceptors (Lipinski definition) is 5. The van der Waals surface area contributed by atoms with E-state index in [0.717, 1.165) is 0 Å². The van der Waals surface area contributed by atoms with Gasteiger partial charge in [-0.05, 0) is 12.8 Å². The molecule has 5 nitrogen and oxygen atoms in total. The summed E-state index contributed by atoms with van der Waals surface area (Å²) < 4.78 is 0. The summed E-state index contributed by atoms with van der Waals surface area (Å²) in [7, 11) is 0. The van der Waals surface area contributed by atoms with Crippen LogP contribution < -0.4 is 15.9 Å². The van der Waals surface area contributed by atoms with E-state index in [0.29, 0.717) is 0 Å². The van der Waals surface area contributed by atoms with Crippen LogP contribution in [0.25, 0.3) is 0 Å². The van der Waals surface area contributed by atoms with E-state index in [4.69, 9.17) is 5.73 Å². The first-order valence-electron chi connectivity index (χ1n) is 2.70. The maximum Gasteiger partial charge on any atom is 2.00 e. The fraction of sp³-hybridized carbons (Fsp3) is 0.600. The quantitative estimate of drug-likeness (QED) is 0.544. The van der Waals surface area contributed by atoms with Crippen LogP contribution in [-0.4, -0.2) is 18.0 Å². The summed E-state index contributed by atoms with van der Waals surface area (Å²) in [6.45, 7) is 0. The fourth-order valence-corrected chi connectivity index (χ4v) is 0.391. The molecule has 0 spiro atoms. The molecule has 12 heavy (non-hydrogen) atoms. The third kappa shape index (κ3) is 10.2. The van der Waals surface area contributed by atoms with Crippen LogP contribution in [0.5, 0.6) is 0 Å². The zero-order valence-corrected chi connectivity index (χ0v) is 8.23. The van der Waals surface area contributed by atoms with Crippen molar-refractivity contribution in [3.8, 4) is 0 Å². The maximum atomic E-state index is 9.86. The first-order chi connectivity index (χ1) is 4.54. The van der Waals surface area contributed by atoms with E-state index < -0.39 is 18.0 Å². The first-order valence-corrected chi connectivity index (χ1v) is 2.70. The molecule has 0 heterocycles. The Balaban J connectivity index is -0.000000405. The number of carbonyl (C=O) groups is 2. The van der Waals surface area contributed by atoms with Crippen molar-refractivity contribution in [3.63, 3.8) is 0 Å². The minimum absolute atomic E-state index is 0. The molecule has 0 aliphatic heterocycles. The molecule has 1 atom stereocenters. The van der Waals surface area contributed by atoms with Crippen LogP contribution in [0.4, 0.5) is 0 Å². The van der Waals surface area contributed by atoms with Crippen LogP contribution in [0, 0.1) is 0 Å². The third-order valence-corrected chi connectivity index (χ3v) is 0.962. The van der Waals surface area contributed by atoms with Gasteiger partial charge in [-0.3, -0.25) is 0 Å². The van der Waals surface area contributed by atoms with Gasteiger partial charge in [-0.15, -0.1) is 0 Å². The Labute approximate surface area is 95.7 Å². The first kappa shape index (κ1) is 18.0. The van der Waals surface area contributed by atoms with Gasteiger partial charge in [-0.2, -0.15) is 0 Å². The molecule has 0 unspecified atom stereocenters. The molecule has 0 aliphatic carbocycles. The number of carbonyl (C=O) groups excluding carboxylic acids is 2. The second-order valence-corrected chi connectivity index (χ2v) is 1.84. The van der Waals surface area contributed by atoms with Gasteiger partial charge in [0, 0.05) is 12.0 Å². The summed E-state index contributed by atoms with van der Waals surface area (Å²) in [5, 5.41) is 19.6. The molecule has 0 aliphatic rings. The van der Waals surface area contributed by atoms with Gasteiger partial charge >= 0.3 is 39.4 Å². The van der Waals surface area contributed by atoms with Crippen LogP contribution in [0.2, 0.25) is 0 Å². The van der Waals surface area contributed by atoms with Crippen molar-refractivity contribution < 1.29 is 59.3 Å². The molecule has 0 saturated carbocycles. The van der Waals surface area contributed by atoms with E-state index in [1.165, 1.54) is 0 Å². The van der Waals surface area contributed by atoms with Gasteiger partial charge in [-0.25, -0.2) is 0 Å². The summed E-state index contributed by atoms with van der Waals surface area (Å²) in [6, 6.07) is -1.21. The topological polar surface area (TPSA) is 106 Å². The molecule has 0 aromatic carbocycles. The molecule has 0 aromatic heterocycles. The van der Waals surface area contributed by atoms with Gasteiger partial charge < -0.3 is 25.5 Å². The number of carboxylic acids is 2. The molecule has 0 amide bonds. The summed E-state index contributed by atoms with van der Waals surface area (Å²) in [6.07, 6.45) is -0.500. The van der Waals surface area contributed by atoms with Crippen molar-refractivity contribution in [2.45, 2.75) is 18.9 Å². The van der Waals surface area contributed by atoms with Crippen LogP contribution >= 0.6 is 0 Å². The Hall–Kier alpha value is 0.160. The molecule has 0 saturated heterocycles. The van der Waals surface area contributed by atoms with E-state index in [2.05, 4.69) is 0 Å². The molecule has 77 valence electrons. The molecule has 2 N–H and O–H groups in total. The van der Waals surface area contributed by atoms with E-state index >= 15 is 0 Å². The van der Waals surface area contributed by atoms with Crippen molar-refractivity contribution in [2.24, 2.45) is 5.73 Å². The van der Waals surface area contributed by atoms with Gasteiger partial charge in [0.25, 0.3) is 0 Å². The molecule has 0 bridgehead atoms. The molecule has 7 heteroatoms. The van der Waals surface area contributed by atoms with Gasteiger partial charge in [0.15, 0.2) is 0 Å². The van der Waals surface area contributed by atoms with Crippen LogP contribution in [0.1, 0.15) is 12.8 Å². The molecule has 0 aromatic rings. The largest absolute Gasteiger partial charge is 2.00 e. The van der Waals surface area contributed by atoms with E-state index in [1.54, 1.807) is 0 Å². The third-order valence-electron chi connectivity index (χ3n) is 0.962. The zero-order chi connectivity index (χ0) is 8.15. The molecule has 0 rings (SSSR count). The smallest absolute Gasteiger partial charge is 0.550 e. The Bertz CT molecular complexity index is 154. The van der Waals surface area contributed by atoms with Crippen molar-refractivity contribution in [1.82, 2.24) is 0 Å². The predicted octanol–water partition coefficient (Wildman–Crippen LogP) is -3.41. The number of rotatable bonds is 4.